The zero-order valence-electron chi connectivity index (χ0n) is 7.91. The van der Waals surface area contributed by atoms with Crippen LogP contribution in [-0.4, -0.2) is 12.4 Å². The van der Waals surface area contributed by atoms with Gasteiger partial charge in [0.05, 0.1) is 5.92 Å². The van der Waals surface area contributed by atoms with Gasteiger partial charge >= 0.3 is 12.4 Å². The molecule has 88 valence electrons. The molecule has 2 atom stereocenters. The lowest BCUT2D eigenvalue weighted by Gasteiger charge is -2.28. The van der Waals surface area contributed by atoms with Gasteiger partial charge in [0.25, 0.3) is 0 Å². The zero-order valence-corrected chi connectivity index (χ0v) is 7.91. The molecule has 0 radical (unpaired) electrons. The second-order valence-electron chi connectivity index (χ2n) is 3.88. The van der Waals surface area contributed by atoms with E-state index < -0.39 is 29.8 Å². The molecule has 0 aliphatic heterocycles. The average molecular weight is 232 g/mol. The lowest BCUT2D eigenvalue weighted by molar-refractivity contribution is -0.169. The molecule has 0 heterocycles. The monoisotopic (exact) mass is 232 g/mol. The summed E-state index contributed by atoms with van der Waals surface area (Å²) in [5, 5.41) is 0. The van der Waals surface area contributed by atoms with Gasteiger partial charge in [-0.1, -0.05) is 13.0 Å². The first-order chi connectivity index (χ1) is 6.60. The molecule has 0 aromatic carbocycles. The first kappa shape index (κ1) is 12.4. The quantitative estimate of drug-likeness (QED) is 0.436. The van der Waals surface area contributed by atoms with E-state index in [4.69, 9.17) is 0 Å². The molecule has 1 aliphatic rings. The predicted octanol–water partition coefficient (Wildman–Crippen LogP) is 4.08. The van der Waals surface area contributed by atoms with Crippen molar-refractivity contribution >= 4 is 0 Å². The highest BCUT2D eigenvalue weighted by molar-refractivity contribution is 5.15. The van der Waals surface area contributed by atoms with Crippen LogP contribution in [0.2, 0.25) is 0 Å². The minimum atomic E-state index is -4.64. The van der Waals surface area contributed by atoms with E-state index in [9.17, 15) is 26.3 Å². The van der Waals surface area contributed by atoms with E-state index in [0.29, 0.717) is 6.08 Å². The molecule has 2 unspecified atom stereocenters. The molecular weight excluding hydrogens is 222 g/mol. The number of hydrogen-bond donors (Lipinski definition) is 0. The Bertz CT molecular complexity index is 259. The molecule has 0 nitrogen and oxygen atoms in total. The topological polar surface area (TPSA) is 0 Å². The second kappa shape index (κ2) is 3.72. The second-order valence-corrected chi connectivity index (χ2v) is 3.88. The lowest BCUT2D eigenvalue weighted by atomic mass is 9.83. The fourth-order valence-electron chi connectivity index (χ4n) is 1.71. The van der Waals surface area contributed by atoms with Crippen molar-refractivity contribution in [1.29, 1.82) is 0 Å². The van der Waals surface area contributed by atoms with Gasteiger partial charge in [0.2, 0.25) is 0 Å². The predicted molar refractivity (Wildman–Crippen MR) is 42.1 cm³/mol. The molecule has 0 saturated heterocycles. The van der Waals surface area contributed by atoms with Crippen molar-refractivity contribution < 1.29 is 26.3 Å². The maximum Gasteiger partial charge on any atom is 0.412 e. The van der Waals surface area contributed by atoms with Gasteiger partial charge in [-0.2, -0.15) is 26.3 Å². The van der Waals surface area contributed by atoms with Crippen molar-refractivity contribution in [2.45, 2.75) is 32.1 Å². The first-order valence-corrected chi connectivity index (χ1v) is 4.45. The molecule has 0 aromatic heterocycles. The molecule has 0 fully saturated rings. The summed E-state index contributed by atoms with van der Waals surface area (Å²) in [4.78, 5) is 0. The van der Waals surface area contributed by atoms with E-state index in [1.54, 1.807) is 0 Å². The highest BCUT2D eigenvalue weighted by Gasteiger charge is 2.45. The number of rotatable bonds is 0. The van der Waals surface area contributed by atoms with Crippen LogP contribution < -0.4 is 0 Å². The molecular formula is C9H10F6. The third-order valence-corrected chi connectivity index (χ3v) is 2.41. The fourth-order valence-corrected chi connectivity index (χ4v) is 1.71. The van der Waals surface area contributed by atoms with Crippen molar-refractivity contribution in [2.75, 3.05) is 0 Å². The summed E-state index contributed by atoms with van der Waals surface area (Å²) in [5.74, 6) is -2.55. The average Bonchev–Trinajstić information content (AvgIpc) is 1.99. The molecule has 1 rings (SSSR count). The Morgan fingerprint density at radius 2 is 1.67 bits per heavy atom. The maximum absolute atomic E-state index is 12.3. The standard InChI is InChI=1S/C9H10F6/c1-5-2-6(8(10,11)12)4-7(3-5)9(13,14)15/h4-6H,2-3H2,1H3. The SMILES string of the molecule is CC1CC(C(F)(F)F)=CC(C(F)(F)F)C1. The molecule has 0 spiro atoms. The summed E-state index contributed by atoms with van der Waals surface area (Å²) in [6.45, 7) is 1.40. The summed E-state index contributed by atoms with van der Waals surface area (Å²) in [7, 11) is 0. The van der Waals surface area contributed by atoms with Crippen LogP contribution >= 0.6 is 0 Å². The molecule has 15 heavy (non-hydrogen) atoms. The Kier molecular flexibility index (Phi) is 3.07. The summed E-state index contributed by atoms with van der Waals surface area (Å²) in [6, 6.07) is 0. The normalized spacial score (nSPS) is 28.9. The smallest absolute Gasteiger partial charge is 0.170 e. The Morgan fingerprint density at radius 3 is 2.07 bits per heavy atom. The highest BCUT2D eigenvalue weighted by atomic mass is 19.4. The van der Waals surface area contributed by atoms with Gasteiger partial charge in [0, 0.05) is 5.57 Å². The van der Waals surface area contributed by atoms with Crippen molar-refractivity contribution in [2.24, 2.45) is 11.8 Å². The van der Waals surface area contributed by atoms with Crippen LogP contribution in [0.4, 0.5) is 26.3 Å². The van der Waals surface area contributed by atoms with Gasteiger partial charge in [0.15, 0.2) is 0 Å². The van der Waals surface area contributed by atoms with Crippen molar-refractivity contribution in [3.63, 3.8) is 0 Å². The van der Waals surface area contributed by atoms with Gasteiger partial charge in [0.1, 0.15) is 0 Å². The lowest BCUT2D eigenvalue weighted by Crippen LogP contribution is -2.29. The zero-order chi connectivity index (χ0) is 11.9. The van der Waals surface area contributed by atoms with E-state index in [-0.39, 0.29) is 12.8 Å². The van der Waals surface area contributed by atoms with Gasteiger partial charge in [-0.05, 0) is 18.8 Å². The molecule has 0 bridgehead atoms. The van der Waals surface area contributed by atoms with E-state index in [0.717, 1.165) is 0 Å². The van der Waals surface area contributed by atoms with E-state index in [2.05, 4.69) is 0 Å². The Balaban J connectivity index is 2.94. The van der Waals surface area contributed by atoms with Crippen LogP contribution in [0.1, 0.15) is 19.8 Å². The first-order valence-electron chi connectivity index (χ1n) is 4.45. The summed E-state index contributed by atoms with van der Waals surface area (Å²) in [5.41, 5.74) is -1.05. The Hall–Kier alpha value is -0.680. The van der Waals surface area contributed by atoms with E-state index in [1.165, 1.54) is 6.92 Å². The summed E-state index contributed by atoms with van der Waals surface area (Å²) >= 11 is 0. The largest absolute Gasteiger partial charge is 0.412 e. The van der Waals surface area contributed by atoms with Gasteiger partial charge in [-0.3, -0.25) is 0 Å². The fraction of sp³-hybridized carbons (Fsp3) is 0.778. The van der Waals surface area contributed by atoms with Crippen molar-refractivity contribution in [1.82, 2.24) is 0 Å². The third kappa shape index (κ3) is 3.14. The van der Waals surface area contributed by atoms with Gasteiger partial charge < -0.3 is 0 Å². The Labute approximate surface area is 83.0 Å². The number of hydrogen-bond acceptors (Lipinski definition) is 0. The van der Waals surface area contributed by atoms with Crippen LogP contribution in [0.5, 0.6) is 0 Å². The van der Waals surface area contributed by atoms with E-state index in [1.807, 2.05) is 0 Å². The number of allylic oxidation sites excluding steroid dienone is 2. The number of halogens is 6. The molecule has 6 heteroatoms. The van der Waals surface area contributed by atoms with E-state index >= 15 is 0 Å². The molecule has 0 aromatic rings. The van der Waals surface area contributed by atoms with Crippen molar-refractivity contribution in [3.8, 4) is 0 Å². The summed E-state index contributed by atoms with van der Waals surface area (Å²) in [6.07, 6.45) is -9.48. The Morgan fingerprint density at radius 1 is 1.13 bits per heavy atom. The van der Waals surface area contributed by atoms with Crippen LogP contribution in [0.15, 0.2) is 11.6 Å². The molecule has 0 amide bonds. The third-order valence-electron chi connectivity index (χ3n) is 2.41. The highest BCUT2D eigenvalue weighted by Crippen LogP contribution is 2.42. The van der Waals surface area contributed by atoms with Crippen LogP contribution in [0.3, 0.4) is 0 Å². The number of alkyl halides is 6. The van der Waals surface area contributed by atoms with Crippen LogP contribution in [-0.2, 0) is 0 Å². The molecule has 0 N–H and O–H groups in total. The van der Waals surface area contributed by atoms with Crippen LogP contribution in [0.25, 0.3) is 0 Å². The maximum atomic E-state index is 12.3. The minimum absolute atomic E-state index is 0.261. The molecule has 0 saturated carbocycles. The van der Waals surface area contributed by atoms with Gasteiger partial charge in [-0.25, -0.2) is 0 Å². The molecule has 1 aliphatic carbocycles. The summed E-state index contributed by atoms with van der Waals surface area (Å²) < 4.78 is 73.5. The van der Waals surface area contributed by atoms with Crippen molar-refractivity contribution in [3.05, 3.63) is 11.6 Å². The minimum Gasteiger partial charge on any atom is -0.170 e. The van der Waals surface area contributed by atoms with Gasteiger partial charge in [-0.15, -0.1) is 0 Å². The van der Waals surface area contributed by atoms with Crippen LogP contribution in [0, 0.1) is 11.8 Å².